The third-order valence-corrected chi connectivity index (χ3v) is 6.24. The summed E-state index contributed by atoms with van der Waals surface area (Å²) in [6, 6.07) is 33.2. The van der Waals surface area contributed by atoms with Gasteiger partial charge in [0.25, 0.3) is 0 Å². The standard InChI is InChI=1S/C30H20N2/c31-20-30(21-32)28(25-16-14-24(15-17-25)22-8-3-1-4-9-22)19-27-13-7-12-26(18-29(27)30)23-10-5-2-6-11-23/h1-19,29H. The number of allylic oxidation sites excluding steroid dienone is 8. The summed E-state index contributed by atoms with van der Waals surface area (Å²) in [6.45, 7) is 0. The van der Waals surface area contributed by atoms with Crippen LogP contribution in [0.4, 0.5) is 0 Å². The van der Waals surface area contributed by atoms with E-state index in [9.17, 15) is 10.5 Å². The van der Waals surface area contributed by atoms with E-state index in [4.69, 9.17) is 0 Å². The Morgan fingerprint density at radius 1 is 0.656 bits per heavy atom. The summed E-state index contributed by atoms with van der Waals surface area (Å²) in [5.41, 5.74) is 5.71. The molecule has 0 spiro atoms. The first-order chi connectivity index (χ1) is 15.7. The van der Waals surface area contributed by atoms with Crippen LogP contribution in [0.5, 0.6) is 0 Å². The van der Waals surface area contributed by atoms with Gasteiger partial charge in [0.2, 0.25) is 0 Å². The number of hydrogen-bond acceptors (Lipinski definition) is 2. The zero-order valence-corrected chi connectivity index (χ0v) is 17.4. The molecule has 150 valence electrons. The third kappa shape index (κ3) is 3.20. The molecule has 0 amide bonds. The monoisotopic (exact) mass is 408 g/mol. The summed E-state index contributed by atoms with van der Waals surface area (Å²) in [7, 11) is 0. The highest BCUT2D eigenvalue weighted by atomic mass is 14.5. The van der Waals surface area contributed by atoms with Gasteiger partial charge in [-0.1, -0.05) is 115 Å². The molecular weight excluding hydrogens is 388 g/mol. The third-order valence-electron chi connectivity index (χ3n) is 6.24. The van der Waals surface area contributed by atoms with E-state index in [1.165, 1.54) is 0 Å². The van der Waals surface area contributed by atoms with E-state index < -0.39 is 5.41 Å². The van der Waals surface area contributed by atoms with Crippen molar-refractivity contribution in [1.29, 1.82) is 10.5 Å². The van der Waals surface area contributed by atoms with Crippen LogP contribution in [0.3, 0.4) is 0 Å². The molecule has 0 N–H and O–H groups in total. The van der Waals surface area contributed by atoms with E-state index >= 15 is 0 Å². The molecule has 0 radical (unpaired) electrons. The van der Waals surface area contributed by atoms with Gasteiger partial charge in [-0.15, -0.1) is 0 Å². The zero-order valence-electron chi connectivity index (χ0n) is 17.4. The summed E-state index contributed by atoms with van der Waals surface area (Å²) in [5, 5.41) is 20.6. The molecule has 0 aliphatic heterocycles. The molecule has 0 fully saturated rings. The quantitative estimate of drug-likeness (QED) is 0.469. The topological polar surface area (TPSA) is 47.6 Å². The second-order valence-corrected chi connectivity index (χ2v) is 8.02. The number of fused-ring (bicyclic) bond motifs is 1. The molecule has 0 heterocycles. The molecule has 2 heteroatoms. The first kappa shape index (κ1) is 19.6. The van der Waals surface area contributed by atoms with E-state index in [-0.39, 0.29) is 5.92 Å². The van der Waals surface area contributed by atoms with Gasteiger partial charge in [-0.05, 0) is 39.0 Å². The Bertz CT molecular complexity index is 1340. The molecule has 0 aromatic heterocycles. The smallest absolute Gasteiger partial charge is 0.179 e. The number of hydrogen-bond donors (Lipinski definition) is 0. The summed E-state index contributed by atoms with van der Waals surface area (Å²) in [5.74, 6) is -0.327. The van der Waals surface area contributed by atoms with Gasteiger partial charge in [0.05, 0.1) is 12.1 Å². The van der Waals surface area contributed by atoms with E-state index in [0.717, 1.165) is 39.0 Å². The normalized spacial score (nSPS) is 18.3. The fraction of sp³-hybridized carbons (Fsp3) is 0.0667. The van der Waals surface area contributed by atoms with Gasteiger partial charge < -0.3 is 0 Å². The SMILES string of the molecule is N#CC1(C#N)C(c2ccc(-c3ccccc3)cc2)=CC2=CC=CC(c3ccccc3)=CC21. The Hall–Kier alpha value is -4.40. The average Bonchev–Trinajstić information content (AvgIpc) is 3.01. The summed E-state index contributed by atoms with van der Waals surface area (Å²) < 4.78 is 0. The van der Waals surface area contributed by atoms with Crippen molar-refractivity contribution in [2.45, 2.75) is 0 Å². The Labute approximate surface area is 188 Å². The average molecular weight is 409 g/mol. The van der Waals surface area contributed by atoms with Crippen LogP contribution in [-0.4, -0.2) is 0 Å². The molecule has 1 unspecified atom stereocenters. The van der Waals surface area contributed by atoms with Gasteiger partial charge in [0.1, 0.15) is 0 Å². The predicted molar refractivity (Wildman–Crippen MR) is 129 cm³/mol. The molecule has 3 aromatic carbocycles. The van der Waals surface area contributed by atoms with Crippen LogP contribution in [0.25, 0.3) is 22.3 Å². The van der Waals surface area contributed by atoms with Crippen molar-refractivity contribution in [3.8, 4) is 23.3 Å². The lowest BCUT2D eigenvalue weighted by atomic mass is 9.72. The molecule has 3 aromatic rings. The van der Waals surface area contributed by atoms with Crippen molar-refractivity contribution in [3.63, 3.8) is 0 Å². The number of benzene rings is 3. The number of nitrogens with zero attached hydrogens (tertiary/aromatic N) is 2. The molecule has 0 bridgehead atoms. The van der Waals surface area contributed by atoms with Crippen LogP contribution in [0, 0.1) is 34.0 Å². The van der Waals surface area contributed by atoms with E-state index in [2.05, 4.69) is 42.5 Å². The van der Waals surface area contributed by atoms with Crippen LogP contribution in [0.15, 0.2) is 121 Å². The van der Waals surface area contributed by atoms with Crippen molar-refractivity contribution in [2.24, 2.45) is 11.3 Å². The highest BCUT2D eigenvalue weighted by molar-refractivity contribution is 5.86. The van der Waals surface area contributed by atoms with E-state index in [1.54, 1.807) is 0 Å². The first-order valence-corrected chi connectivity index (χ1v) is 10.6. The number of nitriles is 2. The van der Waals surface area contributed by atoms with Crippen molar-refractivity contribution in [1.82, 2.24) is 0 Å². The van der Waals surface area contributed by atoms with Crippen LogP contribution < -0.4 is 0 Å². The molecule has 2 aliphatic carbocycles. The lowest BCUT2D eigenvalue weighted by molar-refractivity contribution is 0.579. The van der Waals surface area contributed by atoms with Crippen LogP contribution in [-0.2, 0) is 0 Å². The molecule has 2 nitrogen and oxygen atoms in total. The molecule has 2 aliphatic rings. The Kier molecular flexibility index (Phi) is 4.91. The van der Waals surface area contributed by atoms with Gasteiger partial charge >= 0.3 is 0 Å². The molecule has 5 rings (SSSR count). The van der Waals surface area contributed by atoms with Gasteiger partial charge in [-0.2, -0.15) is 10.5 Å². The minimum atomic E-state index is -1.27. The lowest BCUT2D eigenvalue weighted by Gasteiger charge is -2.24. The van der Waals surface area contributed by atoms with E-state index in [1.807, 2.05) is 85.0 Å². The number of rotatable bonds is 3. The summed E-state index contributed by atoms with van der Waals surface area (Å²) in [6.07, 6.45) is 10.2. The predicted octanol–water partition coefficient (Wildman–Crippen LogP) is 6.98. The highest BCUT2D eigenvalue weighted by Gasteiger charge is 2.48. The van der Waals surface area contributed by atoms with Crippen molar-refractivity contribution in [3.05, 3.63) is 132 Å². The Morgan fingerprint density at radius 3 is 1.84 bits per heavy atom. The molecular formula is C30H20N2. The maximum atomic E-state index is 10.3. The van der Waals surface area contributed by atoms with Crippen molar-refractivity contribution in [2.75, 3.05) is 0 Å². The van der Waals surface area contributed by atoms with Crippen molar-refractivity contribution < 1.29 is 0 Å². The maximum absolute atomic E-state index is 10.3. The highest BCUT2D eigenvalue weighted by Crippen LogP contribution is 2.52. The fourth-order valence-corrected chi connectivity index (χ4v) is 4.55. The lowest BCUT2D eigenvalue weighted by Crippen LogP contribution is -2.24. The molecule has 0 saturated heterocycles. The molecule has 1 atom stereocenters. The molecule has 0 saturated carbocycles. The van der Waals surface area contributed by atoms with Gasteiger partial charge in [0, 0.05) is 5.92 Å². The summed E-state index contributed by atoms with van der Waals surface area (Å²) >= 11 is 0. The summed E-state index contributed by atoms with van der Waals surface area (Å²) in [4.78, 5) is 0. The maximum Gasteiger partial charge on any atom is 0.179 e. The van der Waals surface area contributed by atoms with Gasteiger partial charge in [0.15, 0.2) is 5.41 Å². The largest absolute Gasteiger partial charge is 0.196 e. The minimum Gasteiger partial charge on any atom is -0.196 e. The first-order valence-electron chi connectivity index (χ1n) is 10.6. The zero-order chi connectivity index (χ0) is 22.0. The van der Waals surface area contributed by atoms with Gasteiger partial charge in [-0.3, -0.25) is 0 Å². The van der Waals surface area contributed by atoms with E-state index in [0.29, 0.717) is 0 Å². The Morgan fingerprint density at radius 2 is 1.22 bits per heavy atom. The van der Waals surface area contributed by atoms with Crippen LogP contribution in [0.1, 0.15) is 11.1 Å². The second kappa shape index (κ2) is 8.03. The van der Waals surface area contributed by atoms with Crippen LogP contribution in [0.2, 0.25) is 0 Å². The second-order valence-electron chi connectivity index (χ2n) is 8.02. The van der Waals surface area contributed by atoms with Gasteiger partial charge in [-0.25, -0.2) is 0 Å². The fourth-order valence-electron chi connectivity index (χ4n) is 4.55. The van der Waals surface area contributed by atoms with Crippen LogP contribution >= 0.6 is 0 Å². The van der Waals surface area contributed by atoms with Crippen molar-refractivity contribution >= 4 is 11.1 Å². The Balaban J connectivity index is 1.58. The minimum absolute atomic E-state index is 0.327. The molecule has 32 heavy (non-hydrogen) atoms.